The minimum atomic E-state index is -0.188. The van der Waals surface area contributed by atoms with Crippen molar-refractivity contribution < 1.29 is 0 Å². The lowest BCUT2D eigenvalue weighted by Gasteiger charge is -2.44. The van der Waals surface area contributed by atoms with Crippen LogP contribution in [0.15, 0.2) is 309 Å². The predicted molar refractivity (Wildman–Crippen MR) is 449 cm³/mol. The lowest BCUT2D eigenvalue weighted by atomic mass is 9.33. The average molecular weight is 1350 g/mol. The molecule has 0 fully saturated rings. The van der Waals surface area contributed by atoms with Crippen LogP contribution in [0.5, 0.6) is 0 Å². The van der Waals surface area contributed by atoms with Crippen LogP contribution in [0.3, 0.4) is 0 Å². The highest BCUT2D eigenvalue weighted by molar-refractivity contribution is 7.00. The number of nitrogens with zero attached hydrogens (tertiary/aromatic N) is 4. The Morgan fingerprint density at radius 1 is 0.267 bits per heavy atom. The maximum atomic E-state index is 2.64. The van der Waals surface area contributed by atoms with E-state index in [-0.39, 0.29) is 28.4 Å². The number of anilines is 6. The first-order valence-corrected chi connectivity index (χ1v) is 37.6. The number of benzene rings is 14. The maximum absolute atomic E-state index is 2.64. The normalized spacial score (nSPS) is 14.4. The van der Waals surface area contributed by atoms with Crippen LogP contribution in [0, 0.1) is 0 Å². The molecule has 2 aliphatic heterocycles. The fourth-order valence-corrected chi connectivity index (χ4v) is 17.8. The predicted octanol–water partition coefficient (Wildman–Crippen LogP) is 25.2. The van der Waals surface area contributed by atoms with Crippen LogP contribution in [0.2, 0.25) is 0 Å². The third kappa shape index (κ3) is 10.6. The van der Waals surface area contributed by atoms with Gasteiger partial charge in [-0.1, -0.05) is 275 Å². The van der Waals surface area contributed by atoms with E-state index in [1.807, 2.05) is 0 Å². The number of fused-ring (bicyclic) bond motifs is 11. The van der Waals surface area contributed by atoms with Crippen LogP contribution < -0.4 is 26.2 Å². The van der Waals surface area contributed by atoms with Crippen molar-refractivity contribution in [3.63, 3.8) is 0 Å². The third-order valence-corrected chi connectivity index (χ3v) is 23.7. The third-order valence-electron chi connectivity index (χ3n) is 23.7. The van der Waals surface area contributed by atoms with Crippen molar-refractivity contribution in [1.29, 1.82) is 0 Å². The molecule has 2 aromatic heterocycles. The zero-order chi connectivity index (χ0) is 71.4. The van der Waals surface area contributed by atoms with E-state index in [0.717, 1.165) is 63.0 Å². The molecule has 0 atom stereocenters. The lowest BCUT2D eigenvalue weighted by Crippen LogP contribution is -2.61. The summed E-state index contributed by atoms with van der Waals surface area (Å²) in [6.07, 6.45) is 2.34. The van der Waals surface area contributed by atoms with Gasteiger partial charge < -0.3 is 18.9 Å². The number of hydrogen-bond donors (Lipinski definition) is 0. The number of rotatable bonds is 9. The smallest absolute Gasteiger partial charge is 0.252 e. The molecule has 0 amide bonds. The van der Waals surface area contributed by atoms with Gasteiger partial charge in [0.05, 0.1) is 27.8 Å². The Morgan fingerprint density at radius 2 is 0.619 bits per heavy atom. The minimum Gasteiger partial charge on any atom is -0.311 e. The van der Waals surface area contributed by atoms with Gasteiger partial charge in [-0.2, -0.15) is 0 Å². The topological polar surface area (TPSA) is 16.3 Å². The van der Waals surface area contributed by atoms with Crippen molar-refractivity contribution in [3.05, 3.63) is 332 Å². The molecule has 4 heterocycles. The van der Waals surface area contributed by atoms with E-state index in [2.05, 4.69) is 398 Å². The molecule has 0 unspecified atom stereocenters. The first-order valence-electron chi connectivity index (χ1n) is 37.6. The first-order chi connectivity index (χ1) is 50.8. The standard InChI is InChI=1S/C100H85BN4/c1-97(2,3)74-39-51-90-82(59-74)83-60-75(98(4,5)6)40-52-91(83)104(90)78-45-47-86-93(61-78)103(77-43-33-69(34-44-77)72-35-46-84-85(57-72)100(9,10)54-53-99(84,7)8)95-63-79(105-88-48-36-70(65-25-17-12-18-26-65)55-80(88)81-56-71(37-49-89(81)105)66-27-19-13-20-28-66)62-94-96(95)101(86)87-58-73(67-29-21-14-22-30-67)38-50-92(87)102(94)76-41-31-68(32-42-76)64-23-15-11-16-24-64/h11-52,55-63H,53-54H2,1-10H3. The van der Waals surface area contributed by atoms with E-state index in [1.54, 1.807) is 0 Å². The summed E-state index contributed by atoms with van der Waals surface area (Å²) in [5, 5.41) is 4.94. The summed E-state index contributed by atoms with van der Waals surface area (Å²) in [6, 6.07) is 118. The molecule has 5 heteroatoms. The number of aromatic nitrogens is 2. The van der Waals surface area contributed by atoms with Crippen LogP contribution in [-0.2, 0) is 21.7 Å². The molecule has 0 N–H and O–H groups in total. The monoisotopic (exact) mass is 1350 g/mol. The van der Waals surface area contributed by atoms with Gasteiger partial charge in [0.2, 0.25) is 0 Å². The second-order valence-corrected chi connectivity index (χ2v) is 33.2. The Kier molecular flexibility index (Phi) is 14.6. The molecule has 14 aromatic carbocycles. The van der Waals surface area contributed by atoms with Crippen LogP contribution in [-0.4, -0.2) is 15.8 Å². The van der Waals surface area contributed by atoms with E-state index < -0.39 is 0 Å². The molecule has 105 heavy (non-hydrogen) atoms. The quantitative estimate of drug-likeness (QED) is 0.134. The molecule has 0 radical (unpaired) electrons. The van der Waals surface area contributed by atoms with Gasteiger partial charge in [0.1, 0.15) is 0 Å². The van der Waals surface area contributed by atoms with Gasteiger partial charge in [-0.15, -0.1) is 0 Å². The summed E-state index contributed by atoms with van der Waals surface area (Å²) in [5.74, 6) is 0. The van der Waals surface area contributed by atoms with E-state index in [9.17, 15) is 0 Å². The van der Waals surface area contributed by atoms with Gasteiger partial charge in [-0.3, -0.25) is 0 Å². The van der Waals surface area contributed by atoms with E-state index in [1.165, 1.54) is 133 Å². The molecule has 0 saturated carbocycles. The molecule has 0 bridgehead atoms. The van der Waals surface area contributed by atoms with Crippen LogP contribution in [0.1, 0.15) is 104 Å². The van der Waals surface area contributed by atoms with Gasteiger partial charge in [0.15, 0.2) is 0 Å². The highest BCUT2D eigenvalue weighted by Gasteiger charge is 2.45. The summed E-state index contributed by atoms with van der Waals surface area (Å²) in [7, 11) is 0. The largest absolute Gasteiger partial charge is 0.311 e. The molecule has 508 valence electrons. The molecule has 1 aliphatic carbocycles. The van der Waals surface area contributed by atoms with Gasteiger partial charge >= 0.3 is 0 Å². The summed E-state index contributed by atoms with van der Waals surface area (Å²) >= 11 is 0. The summed E-state index contributed by atoms with van der Waals surface area (Å²) in [6.45, 7) is 23.5. The molecule has 0 spiro atoms. The summed E-state index contributed by atoms with van der Waals surface area (Å²) in [4.78, 5) is 5.22. The molecule has 0 saturated heterocycles. The zero-order valence-electron chi connectivity index (χ0n) is 61.7. The second-order valence-electron chi connectivity index (χ2n) is 33.2. The van der Waals surface area contributed by atoms with Crippen molar-refractivity contribution in [2.45, 2.75) is 104 Å². The Labute approximate surface area is 618 Å². The minimum absolute atomic E-state index is 0.0437. The zero-order valence-corrected chi connectivity index (χ0v) is 61.7. The molecule has 19 rings (SSSR count). The van der Waals surface area contributed by atoms with Crippen molar-refractivity contribution in [2.75, 3.05) is 9.80 Å². The Bertz CT molecular complexity index is 5980. The van der Waals surface area contributed by atoms with Crippen molar-refractivity contribution in [2.24, 2.45) is 0 Å². The fourth-order valence-electron chi connectivity index (χ4n) is 17.8. The number of hydrogen-bond acceptors (Lipinski definition) is 2. The van der Waals surface area contributed by atoms with Crippen LogP contribution >= 0.6 is 0 Å². The SMILES string of the molecule is CC(C)(C)c1ccc2c(c1)c1cc(C(C)(C)C)ccc1n2-c1ccc2c(c1)N(c1ccc(-c3ccc4c(c3)C(C)(C)CCC4(C)C)cc1)c1cc(-n3c4ccc(-c5ccccc5)cc4c4cc(-c5ccccc5)ccc43)cc3c1B2c1cc(-c2ccccc2)ccc1N3c1ccc(-c2ccccc2)cc1. The Balaban J connectivity index is 0.917. The maximum Gasteiger partial charge on any atom is 0.252 e. The molecule has 4 nitrogen and oxygen atoms in total. The van der Waals surface area contributed by atoms with Gasteiger partial charge in [-0.05, 0) is 232 Å². The Hall–Kier alpha value is -11.7. The highest BCUT2D eigenvalue weighted by atomic mass is 15.2. The Morgan fingerprint density at radius 3 is 1.10 bits per heavy atom. The summed E-state index contributed by atoms with van der Waals surface area (Å²) in [5.41, 5.74) is 35.0. The van der Waals surface area contributed by atoms with Crippen LogP contribution in [0.4, 0.5) is 34.1 Å². The fraction of sp³-hybridized carbons (Fsp3) is 0.160. The average Bonchev–Trinajstić information content (AvgIpc) is 1.52. The molecular weight excluding hydrogens is 1270 g/mol. The van der Waals surface area contributed by atoms with Crippen molar-refractivity contribution >= 4 is 101 Å². The van der Waals surface area contributed by atoms with E-state index >= 15 is 0 Å². The molecule has 16 aromatic rings. The van der Waals surface area contributed by atoms with Gasteiger partial charge in [0, 0.05) is 61.4 Å². The van der Waals surface area contributed by atoms with E-state index in [4.69, 9.17) is 0 Å². The van der Waals surface area contributed by atoms with Crippen molar-refractivity contribution in [3.8, 4) is 67.0 Å². The molecule has 3 aliphatic rings. The first kappa shape index (κ1) is 64.2. The lowest BCUT2D eigenvalue weighted by molar-refractivity contribution is 0.332. The van der Waals surface area contributed by atoms with Gasteiger partial charge in [0.25, 0.3) is 6.71 Å². The van der Waals surface area contributed by atoms with Crippen LogP contribution in [0.25, 0.3) is 111 Å². The second kappa shape index (κ2) is 24.0. The summed E-state index contributed by atoms with van der Waals surface area (Å²) < 4.78 is 5.11. The highest BCUT2D eigenvalue weighted by Crippen LogP contribution is 2.51. The van der Waals surface area contributed by atoms with E-state index in [0.29, 0.717) is 0 Å². The van der Waals surface area contributed by atoms with Gasteiger partial charge in [-0.25, -0.2) is 0 Å². The van der Waals surface area contributed by atoms with Crippen molar-refractivity contribution in [1.82, 2.24) is 9.13 Å². The molecular formula is C100H85BN4.